The molecule has 2 saturated heterocycles. The summed E-state index contributed by atoms with van der Waals surface area (Å²) in [4.78, 5) is 60.1. The molecular formula is C24H37N5O7S. The van der Waals surface area contributed by atoms with Gasteiger partial charge in [-0.1, -0.05) is 6.42 Å². The highest BCUT2D eigenvalue weighted by atomic mass is 32.2. The van der Waals surface area contributed by atoms with E-state index >= 15 is 0 Å². The molecule has 0 bridgehead atoms. The molecule has 0 spiro atoms. The van der Waals surface area contributed by atoms with Gasteiger partial charge in [0.25, 0.3) is 0 Å². The largest absolute Gasteiger partial charge is 0.480 e. The van der Waals surface area contributed by atoms with E-state index in [2.05, 4.69) is 21.3 Å². The lowest BCUT2D eigenvalue weighted by Crippen LogP contribution is -2.47. The van der Waals surface area contributed by atoms with Crippen LogP contribution in [0.4, 0.5) is 4.79 Å². The maximum Gasteiger partial charge on any atom is 0.326 e. The van der Waals surface area contributed by atoms with Crippen molar-refractivity contribution in [1.29, 1.82) is 0 Å². The third-order valence-electron chi connectivity index (χ3n) is 6.87. The highest BCUT2D eigenvalue weighted by molar-refractivity contribution is 8.00. The van der Waals surface area contributed by atoms with Gasteiger partial charge in [0.1, 0.15) is 6.04 Å². The number of hydrogen-bond donors (Lipinski definition) is 6. The quantitative estimate of drug-likeness (QED) is 0.125. The normalized spacial score (nSPS) is 27.0. The molecule has 3 rings (SSSR count). The minimum Gasteiger partial charge on any atom is -0.480 e. The fourth-order valence-corrected chi connectivity index (χ4v) is 6.31. The average Bonchev–Trinajstić information content (AvgIpc) is 3.46. The first kappa shape index (κ1) is 28.8. The number of aliphatic carboxylic acids is 1. The van der Waals surface area contributed by atoms with Crippen molar-refractivity contribution in [1.82, 2.24) is 26.2 Å². The molecule has 2 fully saturated rings. The van der Waals surface area contributed by atoms with Crippen LogP contribution in [-0.2, 0) is 19.2 Å². The molecule has 0 aromatic heterocycles. The molecule has 206 valence electrons. The van der Waals surface area contributed by atoms with Crippen LogP contribution in [0.2, 0.25) is 0 Å². The standard InChI is InChI=1S/C24H37N5O7S/c1-24(36)11-9-20(32)29(24)13-10-19(31)26-15(22(33)34)6-4-5-12-25-18(30)8-3-2-7-17-21-16(14-37-17)27-23(35)28-21/h9,11,15-17,21,36H,2-8,10,12-14H2,1H3,(H,25,30)(H,26,31)(H,33,34)(H2,27,28,35)/t15?,16-,17?,21-,24?/m0/s1. The van der Waals surface area contributed by atoms with E-state index < -0.39 is 29.6 Å². The number of aliphatic hydroxyl groups is 1. The zero-order valence-corrected chi connectivity index (χ0v) is 21.8. The Morgan fingerprint density at radius 2 is 1.95 bits per heavy atom. The van der Waals surface area contributed by atoms with Gasteiger partial charge in [-0.2, -0.15) is 11.8 Å². The van der Waals surface area contributed by atoms with E-state index in [1.165, 1.54) is 19.1 Å². The number of amides is 5. The van der Waals surface area contributed by atoms with Crippen LogP contribution in [0.15, 0.2) is 12.2 Å². The van der Waals surface area contributed by atoms with Gasteiger partial charge in [-0.05, 0) is 45.1 Å². The molecule has 3 heterocycles. The molecule has 5 amide bonds. The van der Waals surface area contributed by atoms with Gasteiger partial charge < -0.3 is 36.4 Å². The van der Waals surface area contributed by atoms with Gasteiger partial charge >= 0.3 is 12.0 Å². The Balaban J connectivity index is 1.22. The van der Waals surface area contributed by atoms with Crippen molar-refractivity contribution in [2.24, 2.45) is 0 Å². The number of nitrogens with zero attached hydrogens (tertiary/aromatic N) is 1. The van der Waals surface area contributed by atoms with Gasteiger partial charge in [0.05, 0.1) is 12.1 Å². The van der Waals surface area contributed by atoms with Crippen LogP contribution in [0.25, 0.3) is 0 Å². The molecule has 37 heavy (non-hydrogen) atoms. The highest BCUT2D eigenvalue weighted by Gasteiger charge is 2.42. The number of thioether (sulfide) groups is 1. The first-order valence-electron chi connectivity index (χ1n) is 12.8. The van der Waals surface area contributed by atoms with Crippen LogP contribution in [0, 0.1) is 0 Å². The van der Waals surface area contributed by atoms with E-state index in [4.69, 9.17) is 0 Å². The van der Waals surface area contributed by atoms with Gasteiger partial charge in [-0.25, -0.2) is 9.59 Å². The van der Waals surface area contributed by atoms with Crippen molar-refractivity contribution < 1.29 is 34.2 Å². The van der Waals surface area contributed by atoms with E-state index in [1.54, 1.807) is 0 Å². The van der Waals surface area contributed by atoms with Crippen molar-refractivity contribution in [2.75, 3.05) is 18.8 Å². The summed E-state index contributed by atoms with van der Waals surface area (Å²) in [5, 5.41) is 31.1. The Morgan fingerprint density at radius 3 is 2.65 bits per heavy atom. The summed E-state index contributed by atoms with van der Waals surface area (Å²) in [5.41, 5.74) is -1.46. The summed E-state index contributed by atoms with van der Waals surface area (Å²) >= 11 is 1.86. The lowest BCUT2D eigenvalue weighted by atomic mass is 10.0. The van der Waals surface area contributed by atoms with Crippen molar-refractivity contribution in [2.45, 2.75) is 87.4 Å². The molecule has 0 radical (unpaired) electrons. The van der Waals surface area contributed by atoms with Crippen molar-refractivity contribution in [3.05, 3.63) is 12.2 Å². The molecule has 5 atom stereocenters. The number of carboxylic acids is 1. The second-order valence-electron chi connectivity index (χ2n) is 9.84. The van der Waals surface area contributed by atoms with Crippen LogP contribution < -0.4 is 21.3 Å². The lowest BCUT2D eigenvalue weighted by Gasteiger charge is -2.29. The average molecular weight is 540 g/mol. The summed E-state index contributed by atoms with van der Waals surface area (Å²) in [7, 11) is 0. The number of fused-ring (bicyclic) bond motifs is 1. The van der Waals surface area contributed by atoms with Crippen molar-refractivity contribution in [3.8, 4) is 0 Å². The number of urea groups is 1. The molecule has 0 saturated carbocycles. The number of nitrogens with one attached hydrogen (secondary N) is 4. The zero-order valence-electron chi connectivity index (χ0n) is 21.0. The van der Waals surface area contributed by atoms with Crippen LogP contribution in [0.1, 0.15) is 58.3 Å². The van der Waals surface area contributed by atoms with Gasteiger partial charge in [-0.3, -0.25) is 14.4 Å². The zero-order chi connectivity index (χ0) is 27.0. The lowest BCUT2D eigenvalue weighted by molar-refractivity contribution is -0.144. The first-order valence-corrected chi connectivity index (χ1v) is 13.8. The first-order chi connectivity index (χ1) is 17.6. The van der Waals surface area contributed by atoms with Gasteiger partial charge in [-0.15, -0.1) is 0 Å². The fourth-order valence-electron chi connectivity index (χ4n) is 4.77. The third kappa shape index (κ3) is 8.35. The molecular weight excluding hydrogens is 502 g/mol. The number of carboxylic acid groups (broad SMARTS) is 1. The second kappa shape index (κ2) is 13.1. The molecule has 12 nitrogen and oxygen atoms in total. The van der Waals surface area contributed by atoms with Crippen molar-refractivity contribution in [3.63, 3.8) is 0 Å². The van der Waals surface area contributed by atoms with Crippen LogP contribution in [0.3, 0.4) is 0 Å². The fraction of sp³-hybridized carbons (Fsp3) is 0.708. The SMILES string of the molecule is CC1(O)C=CC(=O)N1CCC(=O)NC(CCCCNC(=O)CCCCC1SC[C@@H]2NC(=O)N[C@H]12)C(=O)O. The van der Waals surface area contributed by atoms with Gasteiger partial charge in [0.2, 0.25) is 17.7 Å². The Labute approximate surface area is 220 Å². The molecule has 0 aromatic rings. The maximum atomic E-state index is 12.2. The number of carbonyl (C=O) groups excluding carboxylic acids is 4. The molecule has 3 aliphatic rings. The summed E-state index contributed by atoms with van der Waals surface area (Å²) in [6, 6.07) is -0.784. The molecule has 3 aliphatic heterocycles. The Hall–Kier alpha value is -2.80. The molecule has 0 aliphatic carbocycles. The third-order valence-corrected chi connectivity index (χ3v) is 8.38. The smallest absolute Gasteiger partial charge is 0.326 e. The van der Waals surface area contributed by atoms with Crippen molar-refractivity contribution >= 4 is 41.5 Å². The minimum atomic E-state index is -1.46. The van der Waals surface area contributed by atoms with Crippen LogP contribution >= 0.6 is 11.8 Å². The predicted molar refractivity (Wildman–Crippen MR) is 136 cm³/mol. The number of carbonyl (C=O) groups is 5. The van der Waals surface area contributed by atoms with Crippen LogP contribution in [-0.4, -0.2) is 92.8 Å². The van der Waals surface area contributed by atoms with Gasteiger partial charge in [0.15, 0.2) is 5.72 Å². The molecule has 0 aromatic carbocycles. The summed E-state index contributed by atoms with van der Waals surface area (Å²) in [6.45, 7) is 1.83. The van der Waals surface area contributed by atoms with Gasteiger partial charge in [0, 0.05) is 43.0 Å². The Bertz CT molecular complexity index is 912. The Kier molecular flexibility index (Phi) is 10.2. The van der Waals surface area contributed by atoms with Crippen LogP contribution in [0.5, 0.6) is 0 Å². The summed E-state index contributed by atoms with van der Waals surface area (Å²) in [6.07, 6.45) is 6.79. The van der Waals surface area contributed by atoms with E-state index in [0.29, 0.717) is 31.1 Å². The maximum absolute atomic E-state index is 12.2. The topological polar surface area (TPSA) is 177 Å². The number of rotatable bonds is 15. The van der Waals surface area contributed by atoms with E-state index in [1.807, 2.05) is 11.8 Å². The second-order valence-corrected chi connectivity index (χ2v) is 11.1. The number of unbranched alkanes of at least 4 members (excludes halogenated alkanes) is 2. The molecule has 6 N–H and O–H groups in total. The molecule has 3 unspecified atom stereocenters. The van der Waals surface area contributed by atoms with E-state index in [9.17, 15) is 34.2 Å². The van der Waals surface area contributed by atoms with E-state index in [-0.39, 0.29) is 43.4 Å². The monoisotopic (exact) mass is 539 g/mol. The summed E-state index contributed by atoms with van der Waals surface area (Å²) in [5.74, 6) is -1.20. The number of hydrogen-bond acceptors (Lipinski definition) is 7. The molecule has 13 heteroatoms. The van der Waals surface area contributed by atoms with E-state index in [0.717, 1.165) is 29.9 Å². The minimum absolute atomic E-state index is 0.0304. The predicted octanol–water partition coefficient (Wildman–Crippen LogP) is 0.0651. The summed E-state index contributed by atoms with van der Waals surface area (Å²) < 4.78 is 0. The highest BCUT2D eigenvalue weighted by Crippen LogP contribution is 2.33. The Morgan fingerprint density at radius 1 is 1.16 bits per heavy atom.